The fourth-order valence-corrected chi connectivity index (χ4v) is 3.78. The van der Waals surface area contributed by atoms with Gasteiger partial charge in [-0.15, -0.1) is 0 Å². The zero-order valence-corrected chi connectivity index (χ0v) is 14.8. The summed E-state index contributed by atoms with van der Waals surface area (Å²) in [5.74, 6) is 1.11. The molecule has 24 heavy (non-hydrogen) atoms. The number of para-hydroxylation sites is 1. The van der Waals surface area contributed by atoms with Gasteiger partial charge in [-0.25, -0.2) is 4.79 Å². The second-order valence-corrected chi connectivity index (χ2v) is 7.37. The maximum Gasteiger partial charge on any atom is 0.330 e. The van der Waals surface area contributed by atoms with Crippen LogP contribution in [0.3, 0.4) is 0 Å². The summed E-state index contributed by atoms with van der Waals surface area (Å²) in [5, 5.41) is 1.02. The molecule has 1 heterocycles. The molecule has 1 aromatic carbocycles. The predicted octanol–water partition coefficient (Wildman–Crippen LogP) is 5.46. The molecule has 1 aliphatic rings. The summed E-state index contributed by atoms with van der Waals surface area (Å²) in [4.78, 5) is 11.5. The fourth-order valence-electron chi connectivity index (χ4n) is 3.78. The summed E-state index contributed by atoms with van der Waals surface area (Å²) in [5.41, 5.74) is 3.16. The number of rotatable bonds is 3. The van der Waals surface area contributed by atoms with Gasteiger partial charge in [0.2, 0.25) is 0 Å². The number of ether oxygens (including phenoxy) is 1. The van der Waals surface area contributed by atoms with Gasteiger partial charge >= 0.3 is 5.97 Å². The van der Waals surface area contributed by atoms with E-state index < -0.39 is 0 Å². The van der Waals surface area contributed by atoms with Gasteiger partial charge < -0.3 is 9.15 Å². The summed E-state index contributed by atoms with van der Waals surface area (Å²) < 4.78 is 10.9. The molecule has 0 saturated carbocycles. The van der Waals surface area contributed by atoms with E-state index in [1.165, 1.54) is 25.2 Å². The van der Waals surface area contributed by atoms with E-state index in [0.29, 0.717) is 5.92 Å². The lowest BCUT2D eigenvalue weighted by Gasteiger charge is -2.31. The number of carbonyl (C=O) groups excluding carboxylic acids is 1. The van der Waals surface area contributed by atoms with Gasteiger partial charge in [0.05, 0.1) is 7.11 Å². The lowest BCUT2D eigenvalue weighted by molar-refractivity contribution is -0.134. The second kappa shape index (κ2) is 6.31. The van der Waals surface area contributed by atoms with E-state index in [9.17, 15) is 4.79 Å². The van der Waals surface area contributed by atoms with Crippen molar-refractivity contribution < 1.29 is 13.9 Å². The maximum absolute atomic E-state index is 11.5. The van der Waals surface area contributed by atoms with Crippen LogP contribution in [0.1, 0.15) is 44.9 Å². The molecule has 0 aliphatic heterocycles. The highest BCUT2D eigenvalue weighted by molar-refractivity contribution is 5.96. The summed E-state index contributed by atoms with van der Waals surface area (Å²) in [6.45, 7) is 6.80. The Morgan fingerprint density at radius 2 is 2.08 bits per heavy atom. The summed E-state index contributed by atoms with van der Waals surface area (Å²) >= 11 is 0. The van der Waals surface area contributed by atoms with Gasteiger partial charge in [-0.3, -0.25) is 0 Å². The largest absolute Gasteiger partial charge is 0.466 e. The average Bonchev–Trinajstić information content (AvgIpc) is 2.89. The number of furan rings is 1. The molecule has 3 rings (SSSR count). The molecule has 1 atom stereocenters. The topological polar surface area (TPSA) is 39.4 Å². The first-order valence-corrected chi connectivity index (χ1v) is 8.39. The summed E-state index contributed by atoms with van der Waals surface area (Å²) in [7, 11) is 1.38. The van der Waals surface area contributed by atoms with Crippen LogP contribution >= 0.6 is 0 Å². The van der Waals surface area contributed by atoms with Crippen molar-refractivity contribution in [2.24, 2.45) is 11.3 Å². The van der Waals surface area contributed by atoms with Crippen LogP contribution in [-0.4, -0.2) is 13.1 Å². The maximum atomic E-state index is 11.5. The molecule has 0 spiro atoms. The number of fused-ring (bicyclic) bond motifs is 1. The first kappa shape index (κ1) is 16.6. The van der Waals surface area contributed by atoms with Gasteiger partial charge in [-0.05, 0) is 41.9 Å². The Morgan fingerprint density at radius 1 is 1.33 bits per heavy atom. The van der Waals surface area contributed by atoms with Gasteiger partial charge in [0.25, 0.3) is 0 Å². The third-order valence-corrected chi connectivity index (χ3v) is 4.52. The molecule has 2 aromatic rings. The molecule has 126 valence electrons. The van der Waals surface area contributed by atoms with Crippen LogP contribution in [0, 0.1) is 11.3 Å². The molecule has 1 aromatic heterocycles. The summed E-state index contributed by atoms with van der Waals surface area (Å²) in [6, 6.07) is 7.94. The van der Waals surface area contributed by atoms with Crippen LogP contribution in [0.4, 0.5) is 0 Å². The number of carbonyl (C=O) groups is 1. The molecular weight excluding hydrogens is 300 g/mol. The lowest BCUT2D eigenvalue weighted by atomic mass is 9.74. The predicted molar refractivity (Wildman–Crippen MR) is 97.4 cm³/mol. The number of hydrogen-bond donors (Lipinski definition) is 0. The SMILES string of the molecule is COC(=O)/C=C/c1c(C2=CC(C)(C)CC(C)C2)oc2ccccc12. The second-order valence-electron chi connectivity index (χ2n) is 7.37. The van der Waals surface area contributed by atoms with Gasteiger partial charge in [0.1, 0.15) is 11.3 Å². The Hall–Kier alpha value is -2.29. The van der Waals surface area contributed by atoms with Gasteiger partial charge in [0.15, 0.2) is 0 Å². The number of allylic oxidation sites excluding steroid dienone is 2. The first-order chi connectivity index (χ1) is 11.4. The van der Waals surface area contributed by atoms with E-state index in [2.05, 4.69) is 26.8 Å². The van der Waals surface area contributed by atoms with Gasteiger partial charge in [0, 0.05) is 17.0 Å². The van der Waals surface area contributed by atoms with Crippen LogP contribution in [0.2, 0.25) is 0 Å². The molecule has 0 radical (unpaired) electrons. The number of methoxy groups -OCH3 is 1. The van der Waals surface area contributed by atoms with E-state index in [1.54, 1.807) is 6.08 Å². The number of esters is 1. The van der Waals surface area contributed by atoms with Crippen molar-refractivity contribution in [3.05, 3.63) is 47.7 Å². The molecule has 1 unspecified atom stereocenters. The lowest BCUT2D eigenvalue weighted by Crippen LogP contribution is -2.18. The quantitative estimate of drug-likeness (QED) is 0.556. The molecule has 1 aliphatic carbocycles. The van der Waals surface area contributed by atoms with Crippen molar-refractivity contribution in [1.29, 1.82) is 0 Å². The standard InChI is InChI=1S/C21H24O3/c1-14-11-15(13-21(2,3)12-14)20-17(9-10-19(22)23-4)16-7-5-6-8-18(16)24-20/h5-10,13-14H,11-12H2,1-4H3/b10-9+. The number of benzene rings is 1. The normalized spacial score (nSPS) is 20.3. The molecule has 0 bridgehead atoms. The molecule has 0 amide bonds. The van der Waals surface area contributed by atoms with Crippen molar-refractivity contribution in [3.8, 4) is 0 Å². The Bertz CT molecular complexity index is 821. The fraction of sp³-hybridized carbons (Fsp3) is 0.381. The van der Waals surface area contributed by atoms with Crippen LogP contribution in [0.25, 0.3) is 22.6 Å². The Morgan fingerprint density at radius 3 is 2.79 bits per heavy atom. The smallest absolute Gasteiger partial charge is 0.330 e. The van der Waals surface area contributed by atoms with Crippen LogP contribution in [0.15, 0.2) is 40.8 Å². The first-order valence-electron chi connectivity index (χ1n) is 8.39. The van der Waals surface area contributed by atoms with E-state index in [4.69, 9.17) is 9.15 Å². The van der Waals surface area contributed by atoms with Crippen LogP contribution in [0.5, 0.6) is 0 Å². The minimum atomic E-state index is -0.363. The van der Waals surface area contributed by atoms with Crippen molar-refractivity contribution in [2.45, 2.75) is 33.6 Å². The zero-order valence-electron chi connectivity index (χ0n) is 14.8. The minimum absolute atomic E-state index is 0.148. The highest BCUT2D eigenvalue weighted by atomic mass is 16.5. The Kier molecular flexibility index (Phi) is 4.35. The van der Waals surface area contributed by atoms with Crippen molar-refractivity contribution >= 4 is 28.6 Å². The van der Waals surface area contributed by atoms with E-state index in [1.807, 2.05) is 24.3 Å². The highest BCUT2D eigenvalue weighted by Gasteiger charge is 2.28. The van der Waals surface area contributed by atoms with Crippen LogP contribution < -0.4 is 0 Å². The van der Waals surface area contributed by atoms with E-state index in [0.717, 1.165) is 28.7 Å². The molecule has 0 N–H and O–H groups in total. The van der Waals surface area contributed by atoms with E-state index in [-0.39, 0.29) is 11.4 Å². The third-order valence-electron chi connectivity index (χ3n) is 4.52. The van der Waals surface area contributed by atoms with Gasteiger partial charge in [-0.2, -0.15) is 0 Å². The van der Waals surface area contributed by atoms with Crippen molar-refractivity contribution in [2.75, 3.05) is 7.11 Å². The number of hydrogen-bond acceptors (Lipinski definition) is 3. The Labute approximate surface area is 143 Å². The third kappa shape index (κ3) is 3.30. The molecule has 3 nitrogen and oxygen atoms in total. The van der Waals surface area contributed by atoms with Gasteiger partial charge in [-0.1, -0.05) is 45.0 Å². The Balaban J connectivity index is 2.15. The molecular formula is C21H24O3. The molecule has 0 fully saturated rings. The minimum Gasteiger partial charge on any atom is -0.466 e. The zero-order chi connectivity index (χ0) is 17.3. The van der Waals surface area contributed by atoms with Crippen molar-refractivity contribution in [1.82, 2.24) is 0 Å². The molecule has 0 saturated heterocycles. The van der Waals surface area contributed by atoms with Crippen molar-refractivity contribution in [3.63, 3.8) is 0 Å². The monoisotopic (exact) mass is 324 g/mol. The molecule has 3 heteroatoms. The highest BCUT2D eigenvalue weighted by Crippen LogP contribution is 2.43. The average molecular weight is 324 g/mol. The summed E-state index contributed by atoms with van der Waals surface area (Å²) in [6.07, 6.45) is 7.74. The van der Waals surface area contributed by atoms with E-state index >= 15 is 0 Å². The van der Waals surface area contributed by atoms with Crippen LogP contribution in [-0.2, 0) is 9.53 Å².